The molecule has 1 unspecified atom stereocenters. The van der Waals surface area contributed by atoms with Crippen molar-refractivity contribution in [3.63, 3.8) is 0 Å². The van der Waals surface area contributed by atoms with Crippen LogP contribution in [-0.4, -0.2) is 34.0 Å². The number of rotatable bonds is 2. The summed E-state index contributed by atoms with van der Waals surface area (Å²) in [5, 5.41) is 0. The standard InChI is InChI=1S/C13H14N2O2S/c1-17-13(16)11-3-2-4-12-14-10(7-15(11)12)9-5-6-18-8-9/h2-4,7,9H,5-6,8H2,1H3. The largest absolute Gasteiger partial charge is 0.464 e. The van der Waals surface area contributed by atoms with Crippen LogP contribution >= 0.6 is 11.8 Å². The molecule has 94 valence electrons. The van der Waals surface area contributed by atoms with Crippen LogP contribution in [0.3, 0.4) is 0 Å². The Kier molecular flexibility index (Phi) is 2.99. The Morgan fingerprint density at radius 2 is 2.44 bits per heavy atom. The number of ether oxygens (including phenoxy) is 1. The van der Waals surface area contributed by atoms with Crippen LogP contribution in [0.25, 0.3) is 5.65 Å². The fourth-order valence-electron chi connectivity index (χ4n) is 2.26. The first kappa shape index (κ1) is 11.6. The fourth-order valence-corrected chi connectivity index (χ4v) is 3.50. The highest BCUT2D eigenvalue weighted by molar-refractivity contribution is 7.99. The highest BCUT2D eigenvalue weighted by Gasteiger charge is 2.21. The Hall–Kier alpha value is -1.49. The molecule has 1 atom stereocenters. The van der Waals surface area contributed by atoms with E-state index in [2.05, 4.69) is 4.98 Å². The smallest absolute Gasteiger partial charge is 0.355 e. The molecular formula is C13H14N2O2S. The maximum atomic E-state index is 11.7. The van der Waals surface area contributed by atoms with Gasteiger partial charge in [-0.2, -0.15) is 11.8 Å². The monoisotopic (exact) mass is 262 g/mol. The van der Waals surface area contributed by atoms with Crippen molar-refractivity contribution in [1.82, 2.24) is 9.38 Å². The second-order valence-electron chi connectivity index (χ2n) is 4.36. The second-order valence-corrected chi connectivity index (χ2v) is 5.51. The number of carbonyl (C=O) groups is 1. The lowest BCUT2D eigenvalue weighted by Crippen LogP contribution is -2.07. The summed E-state index contributed by atoms with van der Waals surface area (Å²) in [7, 11) is 1.40. The van der Waals surface area contributed by atoms with E-state index < -0.39 is 0 Å². The van der Waals surface area contributed by atoms with Gasteiger partial charge in [0, 0.05) is 17.9 Å². The highest BCUT2D eigenvalue weighted by atomic mass is 32.2. The molecular weight excluding hydrogens is 248 g/mol. The molecule has 0 aromatic carbocycles. The van der Waals surface area contributed by atoms with E-state index in [4.69, 9.17) is 4.74 Å². The third kappa shape index (κ3) is 1.88. The number of methoxy groups -OCH3 is 1. The molecule has 0 saturated carbocycles. The molecule has 1 aliphatic heterocycles. The summed E-state index contributed by atoms with van der Waals surface area (Å²) in [4.78, 5) is 16.3. The van der Waals surface area contributed by atoms with E-state index in [0.29, 0.717) is 11.6 Å². The van der Waals surface area contributed by atoms with E-state index in [1.54, 1.807) is 6.07 Å². The molecule has 1 saturated heterocycles. The molecule has 0 bridgehead atoms. The molecule has 0 aliphatic carbocycles. The lowest BCUT2D eigenvalue weighted by molar-refractivity contribution is 0.0592. The van der Waals surface area contributed by atoms with E-state index in [-0.39, 0.29) is 5.97 Å². The molecule has 3 rings (SSSR count). The van der Waals surface area contributed by atoms with Crippen LogP contribution in [0.15, 0.2) is 24.4 Å². The Morgan fingerprint density at radius 1 is 1.56 bits per heavy atom. The van der Waals surface area contributed by atoms with Crippen molar-refractivity contribution < 1.29 is 9.53 Å². The highest BCUT2D eigenvalue weighted by Crippen LogP contribution is 2.32. The molecule has 3 heterocycles. The summed E-state index contributed by atoms with van der Waals surface area (Å²) in [6, 6.07) is 5.51. The number of aromatic nitrogens is 2. The minimum atomic E-state index is -0.328. The number of pyridine rings is 1. The third-order valence-corrected chi connectivity index (χ3v) is 4.42. The second kappa shape index (κ2) is 4.65. The molecule has 2 aromatic rings. The van der Waals surface area contributed by atoms with Crippen molar-refractivity contribution in [2.75, 3.05) is 18.6 Å². The molecule has 1 aliphatic rings. The average Bonchev–Trinajstić information content (AvgIpc) is 3.04. The lowest BCUT2D eigenvalue weighted by atomic mass is 10.1. The number of hydrogen-bond donors (Lipinski definition) is 0. The van der Waals surface area contributed by atoms with Gasteiger partial charge in [0.25, 0.3) is 0 Å². The minimum absolute atomic E-state index is 0.328. The van der Waals surface area contributed by atoms with Crippen molar-refractivity contribution in [2.24, 2.45) is 0 Å². The Balaban J connectivity index is 2.08. The van der Waals surface area contributed by atoms with Gasteiger partial charge in [-0.1, -0.05) is 6.07 Å². The molecule has 0 amide bonds. The van der Waals surface area contributed by atoms with Gasteiger partial charge >= 0.3 is 5.97 Å². The summed E-state index contributed by atoms with van der Waals surface area (Å²) in [6.45, 7) is 0. The first-order valence-electron chi connectivity index (χ1n) is 5.93. The average molecular weight is 262 g/mol. The van der Waals surface area contributed by atoms with Crippen molar-refractivity contribution in [1.29, 1.82) is 0 Å². The van der Waals surface area contributed by atoms with E-state index in [1.165, 1.54) is 19.3 Å². The van der Waals surface area contributed by atoms with Crippen LogP contribution in [0.2, 0.25) is 0 Å². The maximum Gasteiger partial charge on any atom is 0.355 e. The fraction of sp³-hybridized carbons (Fsp3) is 0.385. The van der Waals surface area contributed by atoms with Gasteiger partial charge in [-0.25, -0.2) is 9.78 Å². The number of fused-ring (bicyclic) bond motifs is 1. The quantitative estimate of drug-likeness (QED) is 0.779. The molecule has 2 aromatic heterocycles. The molecule has 4 nitrogen and oxygen atoms in total. The van der Waals surface area contributed by atoms with E-state index in [9.17, 15) is 4.79 Å². The number of imidazole rings is 1. The van der Waals surface area contributed by atoms with E-state index >= 15 is 0 Å². The van der Waals surface area contributed by atoms with Crippen LogP contribution in [0, 0.1) is 0 Å². The number of thioether (sulfide) groups is 1. The first-order chi connectivity index (χ1) is 8.79. The first-order valence-corrected chi connectivity index (χ1v) is 7.09. The molecule has 5 heteroatoms. The van der Waals surface area contributed by atoms with Gasteiger partial charge < -0.3 is 4.74 Å². The zero-order valence-electron chi connectivity index (χ0n) is 10.1. The van der Waals surface area contributed by atoms with Gasteiger partial charge in [0.05, 0.1) is 12.8 Å². The minimum Gasteiger partial charge on any atom is -0.464 e. The van der Waals surface area contributed by atoms with Crippen LogP contribution in [0.4, 0.5) is 0 Å². The van der Waals surface area contributed by atoms with Gasteiger partial charge in [0.15, 0.2) is 0 Å². The molecule has 0 spiro atoms. The van der Waals surface area contributed by atoms with Crippen molar-refractivity contribution in [2.45, 2.75) is 12.3 Å². The van der Waals surface area contributed by atoms with Crippen molar-refractivity contribution in [3.8, 4) is 0 Å². The van der Waals surface area contributed by atoms with Crippen LogP contribution in [0.5, 0.6) is 0 Å². The lowest BCUT2D eigenvalue weighted by Gasteiger charge is -2.02. The van der Waals surface area contributed by atoms with Crippen LogP contribution in [0.1, 0.15) is 28.5 Å². The Labute approximate surface area is 109 Å². The van der Waals surface area contributed by atoms with Gasteiger partial charge in [0.2, 0.25) is 0 Å². The van der Waals surface area contributed by atoms with Crippen LogP contribution < -0.4 is 0 Å². The third-order valence-electron chi connectivity index (χ3n) is 3.25. The zero-order valence-corrected chi connectivity index (χ0v) is 10.9. The molecule has 18 heavy (non-hydrogen) atoms. The van der Waals surface area contributed by atoms with Crippen LogP contribution in [-0.2, 0) is 4.74 Å². The number of nitrogens with zero attached hydrogens (tertiary/aromatic N) is 2. The summed E-state index contributed by atoms with van der Waals surface area (Å²) >= 11 is 1.96. The number of esters is 1. The zero-order chi connectivity index (χ0) is 12.5. The molecule has 1 fully saturated rings. The molecule has 0 N–H and O–H groups in total. The van der Waals surface area contributed by atoms with Gasteiger partial charge in [-0.3, -0.25) is 4.40 Å². The van der Waals surface area contributed by atoms with E-state index in [1.807, 2.05) is 34.5 Å². The predicted molar refractivity (Wildman–Crippen MR) is 71.2 cm³/mol. The number of carbonyl (C=O) groups excluding carboxylic acids is 1. The van der Waals surface area contributed by atoms with Crippen molar-refractivity contribution >= 4 is 23.4 Å². The SMILES string of the molecule is COC(=O)c1cccc2nc(C3CCSC3)cn12. The van der Waals surface area contributed by atoms with Gasteiger partial charge in [-0.05, 0) is 24.3 Å². The Bertz CT molecular complexity index is 588. The molecule has 0 radical (unpaired) electrons. The summed E-state index contributed by atoms with van der Waals surface area (Å²) in [5.41, 5.74) is 2.42. The summed E-state index contributed by atoms with van der Waals surface area (Å²) in [5.74, 6) is 2.51. The van der Waals surface area contributed by atoms with E-state index in [0.717, 1.165) is 17.1 Å². The maximum absolute atomic E-state index is 11.7. The predicted octanol–water partition coefficient (Wildman–Crippen LogP) is 2.34. The van der Waals surface area contributed by atoms with Crippen molar-refractivity contribution in [3.05, 3.63) is 35.8 Å². The summed E-state index contributed by atoms with van der Waals surface area (Å²) < 4.78 is 6.61. The summed E-state index contributed by atoms with van der Waals surface area (Å²) in [6.07, 6.45) is 3.14. The Morgan fingerprint density at radius 3 is 3.17 bits per heavy atom. The number of hydrogen-bond acceptors (Lipinski definition) is 4. The normalized spacial score (nSPS) is 19.3. The topological polar surface area (TPSA) is 43.6 Å². The van der Waals surface area contributed by atoms with Gasteiger partial charge in [-0.15, -0.1) is 0 Å². The van der Waals surface area contributed by atoms with Gasteiger partial charge in [0.1, 0.15) is 11.3 Å².